The van der Waals surface area contributed by atoms with E-state index >= 15 is 0 Å². The number of amides is 1. The molecular weight excluding hydrogens is 244 g/mol. The number of hydrogen-bond donors (Lipinski definition) is 1. The topological polar surface area (TPSA) is 73.8 Å². The highest BCUT2D eigenvalue weighted by Crippen LogP contribution is 2.29. The van der Waals surface area contributed by atoms with E-state index in [-0.39, 0.29) is 0 Å². The van der Waals surface area contributed by atoms with Crippen LogP contribution in [0.1, 0.15) is 33.6 Å². The lowest BCUT2D eigenvalue weighted by Crippen LogP contribution is -2.14. The van der Waals surface area contributed by atoms with Crippen molar-refractivity contribution in [3.63, 3.8) is 0 Å². The number of rotatable bonds is 4. The Kier molecular flexibility index (Phi) is 2.74. The molecule has 0 saturated heterocycles. The van der Waals surface area contributed by atoms with Gasteiger partial charge in [-0.25, -0.2) is 4.79 Å². The fourth-order valence-corrected chi connectivity index (χ4v) is 2.09. The van der Waals surface area contributed by atoms with E-state index in [4.69, 9.17) is 10.5 Å². The SMILES string of the molecule is NC(=O)c1ccn2cccc(C(=O)OCC3CC3)c12. The first-order chi connectivity index (χ1) is 9.16. The number of hydrogen-bond acceptors (Lipinski definition) is 3. The summed E-state index contributed by atoms with van der Waals surface area (Å²) in [5, 5.41) is 0. The standard InChI is InChI=1S/C14H14N2O3/c15-13(17)10-5-7-16-6-1-2-11(12(10)16)14(18)19-8-9-3-4-9/h1-2,5-7,9H,3-4,8H2,(H2,15,17). The largest absolute Gasteiger partial charge is 0.462 e. The van der Waals surface area contributed by atoms with Crippen molar-refractivity contribution in [2.24, 2.45) is 11.7 Å². The van der Waals surface area contributed by atoms with Gasteiger partial charge in [-0.1, -0.05) is 0 Å². The van der Waals surface area contributed by atoms with Crippen LogP contribution < -0.4 is 5.73 Å². The average molecular weight is 258 g/mol. The Morgan fingerprint density at radius 3 is 2.74 bits per heavy atom. The van der Waals surface area contributed by atoms with E-state index in [0.29, 0.717) is 29.2 Å². The van der Waals surface area contributed by atoms with Gasteiger partial charge in [0.15, 0.2) is 0 Å². The molecule has 0 aromatic carbocycles. The van der Waals surface area contributed by atoms with Crippen LogP contribution in [0.3, 0.4) is 0 Å². The van der Waals surface area contributed by atoms with E-state index in [2.05, 4.69) is 0 Å². The molecule has 98 valence electrons. The van der Waals surface area contributed by atoms with Crippen LogP contribution in [0.5, 0.6) is 0 Å². The highest BCUT2D eigenvalue weighted by Gasteiger charge is 2.24. The van der Waals surface area contributed by atoms with Gasteiger partial charge < -0.3 is 14.9 Å². The third-order valence-corrected chi connectivity index (χ3v) is 3.31. The van der Waals surface area contributed by atoms with Crippen LogP contribution in [0.2, 0.25) is 0 Å². The molecule has 19 heavy (non-hydrogen) atoms. The second-order valence-corrected chi connectivity index (χ2v) is 4.81. The summed E-state index contributed by atoms with van der Waals surface area (Å²) in [5.74, 6) is -0.449. The first-order valence-corrected chi connectivity index (χ1v) is 6.23. The van der Waals surface area contributed by atoms with E-state index in [0.717, 1.165) is 12.8 Å². The van der Waals surface area contributed by atoms with Gasteiger partial charge in [-0.3, -0.25) is 4.79 Å². The van der Waals surface area contributed by atoms with Gasteiger partial charge in [-0.15, -0.1) is 0 Å². The molecule has 1 saturated carbocycles. The summed E-state index contributed by atoms with van der Waals surface area (Å²) in [4.78, 5) is 23.5. The van der Waals surface area contributed by atoms with Crippen LogP contribution in [0, 0.1) is 5.92 Å². The molecule has 0 radical (unpaired) electrons. The van der Waals surface area contributed by atoms with Gasteiger partial charge in [0.1, 0.15) is 0 Å². The van der Waals surface area contributed by atoms with Crippen LogP contribution in [0.15, 0.2) is 30.6 Å². The summed E-state index contributed by atoms with van der Waals surface area (Å²) in [6.07, 6.45) is 5.71. The van der Waals surface area contributed by atoms with Gasteiger partial charge in [0.25, 0.3) is 5.91 Å². The van der Waals surface area contributed by atoms with Gasteiger partial charge in [0.2, 0.25) is 0 Å². The van der Waals surface area contributed by atoms with Crippen molar-refractivity contribution in [3.8, 4) is 0 Å². The van der Waals surface area contributed by atoms with E-state index in [1.54, 1.807) is 35.0 Å². The van der Waals surface area contributed by atoms with Crippen molar-refractivity contribution in [2.75, 3.05) is 6.61 Å². The molecule has 0 unspecified atom stereocenters. The zero-order valence-corrected chi connectivity index (χ0v) is 10.3. The van der Waals surface area contributed by atoms with Crippen molar-refractivity contribution in [2.45, 2.75) is 12.8 Å². The summed E-state index contributed by atoms with van der Waals surface area (Å²) >= 11 is 0. The van der Waals surface area contributed by atoms with E-state index in [9.17, 15) is 9.59 Å². The minimum atomic E-state index is -0.551. The number of esters is 1. The molecule has 2 N–H and O–H groups in total. The molecule has 5 nitrogen and oxygen atoms in total. The van der Waals surface area contributed by atoms with E-state index < -0.39 is 11.9 Å². The second-order valence-electron chi connectivity index (χ2n) is 4.81. The molecule has 1 aliphatic rings. The molecule has 2 heterocycles. The molecule has 2 aromatic heterocycles. The van der Waals surface area contributed by atoms with Crippen molar-refractivity contribution >= 4 is 17.4 Å². The van der Waals surface area contributed by atoms with Crippen molar-refractivity contribution in [1.29, 1.82) is 0 Å². The fourth-order valence-electron chi connectivity index (χ4n) is 2.09. The number of carbonyl (C=O) groups excluding carboxylic acids is 2. The lowest BCUT2D eigenvalue weighted by molar-refractivity contribution is 0.0488. The molecule has 1 amide bonds. The van der Waals surface area contributed by atoms with Gasteiger partial charge >= 0.3 is 5.97 Å². The molecule has 0 atom stereocenters. The van der Waals surface area contributed by atoms with E-state index in [1.807, 2.05) is 0 Å². The third-order valence-electron chi connectivity index (χ3n) is 3.31. The van der Waals surface area contributed by atoms with Crippen molar-refractivity contribution < 1.29 is 14.3 Å². The minimum Gasteiger partial charge on any atom is -0.462 e. The van der Waals surface area contributed by atoms with Crippen LogP contribution in [0.25, 0.3) is 5.52 Å². The maximum Gasteiger partial charge on any atom is 0.340 e. The molecule has 1 fully saturated rings. The molecular formula is C14H14N2O3. The Morgan fingerprint density at radius 2 is 2.05 bits per heavy atom. The zero-order valence-electron chi connectivity index (χ0n) is 10.3. The van der Waals surface area contributed by atoms with Crippen LogP contribution in [-0.4, -0.2) is 22.9 Å². The lowest BCUT2D eigenvalue weighted by Gasteiger charge is -2.07. The Morgan fingerprint density at radius 1 is 1.26 bits per heavy atom. The highest BCUT2D eigenvalue weighted by atomic mass is 16.5. The molecule has 2 aromatic rings. The smallest absolute Gasteiger partial charge is 0.340 e. The van der Waals surface area contributed by atoms with Gasteiger partial charge in [0, 0.05) is 12.4 Å². The average Bonchev–Trinajstić information content (AvgIpc) is 3.12. The number of primary amides is 1. The summed E-state index contributed by atoms with van der Waals surface area (Å²) in [5.41, 5.74) is 6.54. The van der Waals surface area contributed by atoms with Crippen molar-refractivity contribution in [1.82, 2.24) is 4.40 Å². The van der Waals surface area contributed by atoms with Gasteiger partial charge in [-0.2, -0.15) is 0 Å². The maximum atomic E-state index is 12.1. The summed E-state index contributed by atoms with van der Waals surface area (Å²) in [6.45, 7) is 0.451. The van der Waals surface area contributed by atoms with Gasteiger partial charge in [0.05, 0.1) is 23.3 Å². The lowest BCUT2D eigenvalue weighted by atomic mass is 10.1. The predicted octanol–water partition coefficient (Wildman–Crippen LogP) is 1.60. The molecule has 0 bridgehead atoms. The Balaban J connectivity index is 1.98. The Labute approximate surface area is 110 Å². The first-order valence-electron chi connectivity index (χ1n) is 6.23. The van der Waals surface area contributed by atoms with Crippen molar-refractivity contribution in [3.05, 3.63) is 41.7 Å². The van der Waals surface area contributed by atoms with Crippen LogP contribution >= 0.6 is 0 Å². The normalized spacial score (nSPS) is 14.5. The molecule has 0 aliphatic heterocycles. The third kappa shape index (κ3) is 2.19. The Hall–Kier alpha value is -2.30. The summed E-state index contributed by atoms with van der Waals surface area (Å²) in [6, 6.07) is 5.00. The quantitative estimate of drug-likeness (QED) is 0.846. The number of pyridine rings is 1. The van der Waals surface area contributed by atoms with E-state index in [1.165, 1.54) is 0 Å². The number of carbonyl (C=O) groups is 2. The molecule has 0 spiro atoms. The zero-order chi connectivity index (χ0) is 13.4. The predicted molar refractivity (Wildman–Crippen MR) is 68.9 cm³/mol. The van der Waals surface area contributed by atoms with Gasteiger partial charge in [-0.05, 0) is 37.0 Å². The van der Waals surface area contributed by atoms with Crippen LogP contribution in [-0.2, 0) is 4.74 Å². The summed E-state index contributed by atoms with van der Waals surface area (Å²) in [7, 11) is 0. The Bertz CT molecular complexity index is 656. The minimum absolute atomic E-state index is 0.332. The maximum absolute atomic E-state index is 12.1. The molecule has 1 aliphatic carbocycles. The number of nitrogens with two attached hydrogens (primary N) is 1. The number of nitrogens with zero attached hydrogens (tertiary/aromatic N) is 1. The monoisotopic (exact) mass is 258 g/mol. The molecule has 3 rings (SSSR count). The first kappa shape index (κ1) is 11.8. The number of aromatic nitrogens is 1. The fraction of sp³-hybridized carbons (Fsp3) is 0.286. The number of ether oxygens (including phenoxy) is 1. The second kappa shape index (κ2) is 4.42. The molecule has 5 heteroatoms. The summed E-state index contributed by atoms with van der Waals surface area (Å²) < 4.78 is 6.96. The number of fused-ring (bicyclic) bond motifs is 1. The van der Waals surface area contributed by atoms with Crippen LogP contribution in [0.4, 0.5) is 0 Å². The highest BCUT2D eigenvalue weighted by molar-refractivity contribution is 6.07.